The molecule has 10 nitrogen and oxygen atoms in total. The summed E-state index contributed by atoms with van der Waals surface area (Å²) in [6.07, 6.45) is 3.88. The Morgan fingerprint density at radius 3 is 2.40 bits per heavy atom. The van der Waals surface area contributed by atoms with E-state index >= 15 is 0 Å². The molecule has 5 rings (SSSR count). The Kier molecular flexibility index (Phi) is 8.04. The van der Waals surface area contributed by atoms with Crippen molar-refractivity contribution >= 4 is 52.2 Å². The third kappa shape index (κ3) is 5.66. The van der Waals surface area contributed by atoms with Crippen LogP contribution in [0.3, 0.4) is 0 Å². The lowest BCUT2D eigenvalue weighted by molar-refractivity contribution is -0.132. The van der Waals surface area contributed by atoms with Gasteiger partial charge in [-0.3, -0.25) is 9.59 Å². The summed E-state index contributed by atoms with van der Waals surface area (Å²) in [6.45, 7) is 1.74. The topological polar surface area (TPSA) is 120 Å². The highest BCUT2D eigenvalue weighted by molar-refractivity contribution is 6.17. The summed E-state index contributed by atoms with van der Waals surface area (Å²) in [5.41, 5.74) is 2.06. The van der Waals surface area contributed by atoms with Crippen LogP contribution in [0.4, 0.5) is 17.5 Å². The molecule has 1 aromatic heterocycles. The SMILES string of the molecule is CC1=NN(c2ccccc2)C(=O)C1C(CC=O)C(=O)NC1CCC(Nc2nc(N(C)C)c3ccccc3n2)CC1. The van der Waals surface area contributed by atoms with E-state index in [1.807, 2.05) is 61.5 Å². The van der Waals surface area contributed by atoms with Crippen LogP contribution in [0, 0.1) is 11.8 Å². The van der Waals surface area contributed by atoms with Gasteiger partial charge in [0.05, 0.1) is 23.0 Å². The van der Waals surface area contributed by atoms with Gasteiger partial charge in [0.2, 0.25) is 11.9 Å². The zero-order chi connectivity index (χ0) is 28.2. The maximum atomic E-state index is 13.4. The first kappa shape index (κ1) is 27.2. The minimum atomic E-state index is -0.797. The van der Waals surface area contributed by atoms with Gasteiger partial charge >= 0.3 is 0 Å². The van der Waals surface area contributed by atoms with E-state index in [9.17, 15) is 14.4 Å². The van der Waals surface area contributed by atoms with Crippen molar-refractivity contribution in [1.29, 1.82) is 0 Å². The van der Waals surface area contributed by atoms with E-state index in [0.717, 1.165) is 42.4 Å². The highest BCUT2D eigenvalue weighted by atomic mass is 16.2. The number of hydrogen-bond donors (Lipinski definition) is 2. The second-order valence-electron chi connectivity index (χ2n) is 10.7. The monoisotopic (exact) mass is 541 g/mol. The van der Waals surface area contributed by atoms with E-state index in [1.165, 1.54) is 5.01 Å². The molecule has 10 heteroatoms. The number of anilines is 3. The fourth-order valence-corrected chi connectivity index (χ4v) is 5.63. The Balaban J connectivity index is 1.20. The molecule has 40 heavy (non-hydrogen) atoms. The van der Waals surface area contributed by atoms with Gasteiger partial charge in [0.1, 0.15) is 12.1 Å². The van der Waals surface area contributed by atoms with E-state index in [4.69, 9.17) is 9.97 Å². The number of nitrogens with zero attached hydrogens (tertiary/aromatic N) is 5. The molecule has 0 saturated heterocycles. The fourth-order valence-electron chi connectivity index (χ4n) is 5.63. The molecule has 1 saturated carbocycles. The number of hydrogen-bond acceptors (Lipinski definition) is 8. The number of aldehydes is 1. The van der Waals surface area contributed by atoms with Crippen LogP contribution in [0.1, 0.15) is 39.0 Å². The molecule has 2 aliphatic rings. The van der Waals surface area contributed by atoms with Crippen LogP contribution in [-0.2, 0) is 14.4 Å². The van der Waals surface area contributed by atoms with Gasteiger partial charge in [-0.1, -0.05) is 30.3 Å². The molecular formula is C30H35N7O3. The fraction of sp³-hybridized carbons (Fsp3) is 0.400. The molecule has 0 bridgehead atoms. The minimum absolute atomic E-state index is 0.0338. The number of para-hydroxylation sites is 2. The number of hydrazone groups is 1. The van der Waals surface area contributed by atoms with Crippen LogP contribution in [0.15, 0.2) is 59.7 Å². The molecule has 1 aliphatic heterocycles. The van der Waals surface area contributed by atoms with Crippen LogP contribution in [0.2, 0.25) is 0 Å². The standard InChI is InChI=1S/C30H35N7O3/c1-19-26(29(40)37(35-19)22-9-5-4-6-10-22)24(17-18-38)28(39)31-20-13-15-21(16-14-20)32-30-33-25-12-8-7-11-23(25)27(34-30)36(2)3/h4-12,18,20-21,24,26H,13-17H2,1-3H3,(H,31,39)(H,32,33,34). The highest BCUT2D eigenvalue weighted by Gasteiger charge is 2.43. The number of fused-ring (bicyclic) bond motifs is 1. The molecule has 208 valence electrons. The van der Waals surface area contributed by atoms with Crippen LogP contribution < -0.4 is 20.5 Å². The van der Waals surface area contributed by atoms with Crippen molar-refractivity contribution in [3.63, 3.8) is 0 Å². The molecule has 1 fully saturated rings. The van der Waals surface area contributed by atoms with Crippen molar-refractivity contribution in [2.45, 2.75) is 51.1 Å². The molecule has 1 aliphatic carbocycles. The van der Waals surface area contributed by atoms with E-state index in [-0.39, 0.29) is 30.3 Å². The number of carbonyl (C=O) groups is 3. The molecule has 0 spiro atoms. The van der Waals surface area contributed by atoms with Gasteiger partial charge < -0.3 is 20.3 Å². The third-order valence-corrected chi connectivity index (χ3v) is 7.69. The summed E-state index contributed by atoms with van der Waals surface area (Å²) in [5.74, 6) is -0.668. The Bertz CT molecular complexity index is 1420. The van der Waals surface area contributed by atoms with Crippen LogP contribution in [-0.4, -0.2) is 60.0 Å². The molecule has 2 atom stereocenters. The Hall–Kier alpha value is -4.34. The normalized spacial score (nSPS) is 21.6. The molecule has 3 aromatic rings. The first-order valence-corrected chi connectivity index (χ1v) is 13.7. The van der Waals surface area contributed by atoms with Gasteiger partial charge in [-0.05, 0) is 56.9 Å². The number of nitrogens with one attached hydrogen (secondary N) is 2. The maximum absolute atomic E-state index is 13.4. The van der Waals surface area contributed by atoms with E-state index in [0.29, 0.717) is 23.6 Å². The number of aromatic nitrogens is 2. The smallest absolute Gasteiger partial charge is 0.257 e. The Labute approximate surface area is 233 Å². The van der Waals surface area contributed by atoms with Gasteiger partial charge in [-0.2, -0.15) is 10.1 Å². The quantitative estimate of drug-likeness (QED) is 0.396. The van der Waals surface area contributed by atoms with Gasteiger partial charge in [0.15, 0.2) is 0 Å². The van der Waals surface area contributed by atoms with Crippen LogP contribution >= 0.6 is 0 Å². The molecule has 2 aromatic carbocycles. The summed E-state index contributed by atoms with van der Waals surface area (Å²) < 4.78 is 0. The van der Waals surface area contributed by atoms with Gasteiger partial charge in [-0.15, -0.1) is 0 Å². The number of rotatable bonds is 9. The predicted molar refractivity (Wildman–Crippen MR) is 156 cm³/mol. The zero-order valence-corrected chi connectivity index (χ0v) is 23.1. The average Bonchev–Trinajstić information content (AvgIpc) is 3.25. The van der Waals surface area contributed by atoms with Crippen molar-refractivity contribution in [3.05, 3.63) is 54.6 Å². The Morgan fingerprint density at radius 2 is 1.70 bits per heavy atom. The van der Waals surface area contributed by atoms with Crippen LogP contribution in [0.25, 0.3) is 10.9 Å². The first-order chi connectivity index (χ1) is 19.4. The van der Waals surface area contributed by atoms with Crippen molar-refractivity contribution in [2.24, 2.45) is 16.9 Å². The molecule has 0 radical (unpaired) electrons. The lowest BCUT2D eigenvalue weighted by atomic mass is 9.84. The summed E-state index contributed by atoms with van der Waals surface area (Å²) in [7, 11) is 3.94. The molecule has 2 heterocycles. The van der Waals surface area contributed by atoms with Crippen molar-refractivity contribution in [1.82, 2.24) is 15.3 Å². The summed E-state index contributed by atoms with van der Waals surface area (Å²) >= 11 is 0. The highest BCUT2D eigenvalue weighted by Crippen LogP contribution is 2.31. The minimum Gasteiger partial charge on any atom is -0.362 e. The largest absolute Gasteiger partial charge is 0.362 e. The van der Waals surface area contributed by atoms with Crippen LogP contribution in [0.5, 0.6) is 0 Å². The summed E-state index contributed by atoms with van der Waals surface area (Å²) in [4.78, 5) is 49.6. The second kappa shape index (κ2) is 11.8. The lowest BCUT2D eigenvalue weighted by Gasteiger charge is -2.31. The average molecular weight is 542 g/mol. The maximum Gasteiger partial charge on any atom is 0.257 e. The van der Waals surface area contributed by atoms with Gasteiger partial charge in [-0.25, -0.2) is 9.99 Å². The second-order valence-corrected chi connectivity index (χ2v) is 10.7. The lowest BCUT2D eigenvalue weighted by Crippen LogP contribution is -2.47. The molecule has 2 N–H and O–H groups in total. The van der Waals surface area contributed by atoms with Crippen molar-refractivity contribution in [2.75, 3.05) is 29.3 Å². The van der Waals surface area contributed by atoms with E-state index in [2.05, 4.69) is 15.7 Å². The number of benzene rings is 2. The van der Waals surface area contributed by atoms with Crippen molar-refractivity contribution < 1.29 is 14.4 Å². The van der Waals surface area contributed by atoms with Gasteiger partial charge in [0.25, 0.3) is 5.91 Å². The van der Waals surface area contributed by atoms with Gasteiger partial charge in [0, 0.05) is 43.7 Å². The molecular weight excluding hydrogens is 506 g/mol. The van der Waals surface area contributed by atoms with E-state index < -0.39 is 11.8 Å². The Morgan fingerprint density at radius 1 is 1.02 bits per heavy atom. The molecule has 2 amide bonds. The first-order valence-electron chi connectivity index (χ1n) is 13.7. The predicted octanol–water partition coefficient (Wildman–Crippen LogP) is 3.78. The van der Waals surface area contributed by atoms with Crippen molar-refractivity contribution in [3.8, 4) is 0 Å². The summed E-state index contributed by atoms with van der Waals surface area (Å²) in [6, 6.07) is 17.2. The summed E-state index contributed by atoms with van der Waals surface area (Å²) in [5, 5.41) is 13.4. The number of carbonyl (C=O) groups excluding carboxylic acids is 3. The van der Waals surface area contributed by atoms with E-state index in [1.54, 1.807) is 19.1 Å². The number of amides is 2. The molecule has 2 unspecified atom stereocenters. The zero-order valence-electron chi connectivity index (χ0n) is 23.1. The third-order valence-electron chi connectivity index (χ3n) is 7.69.